The predicted octanol–water partition coefficient (Wildman–Crippen LogP) is 5.72. The molecular formula is C26H26N2O4S2. The van der Waals surface area contributed by atoms with Crippen LogP contribution in [0.5, 0.6) is 5.75 Å². The Hall–Kier alpha value is -3.23. The highest BCUT2D eigenvalue weighted by atomic mass is 32.2. The van der Waals surface area contributed by atoms with Crippen molar-refractivity contribution < 1.29 is 17.9 Å². The lowest BCUT2D eigenvalue weighted by molar-refractivity contribution is 0.0985. The van der Waals surface area contributed by atoms with Gasteiger partial charge in [0, 0.05) is 5.56 Å². The number of nitrogens with zero attached hydrogens (tertiary/aromatic N) is 2. The number of fused-ring (bicyclic) bond motifs is 1. The van der Waals surface area contributed by atoms with Crippen LogP contribution in [0.1, 0.15) is 36.7 Å². The fourth-order valence-corrected chi connectivity index (χ4v) is 5.61. The highest BCUT2D eigenvalue weighted by Gasteiger charge is 2.25. The molecule has 0 aliphatic carbocycles. The number of anilines is 1. The van der Waals surface area contributed by atoms with Crippen LogP contribution in [0.3, 0.4) is 0 Å². The summed E-state index contributed by atoms with van der Waals surface area (Å²) >= 11 is 1.40. The van der Waals surface area contributed by atoms with E-state index < -0.39 is 15.1 Å². The van der Waals surface area contributed by atoms with Gasteiger partial charge in [-0.2, -0.15) is 0 Å². The maximum absolute atomic E-state index is 13.8. The summed E-state index contributed by atoms with van der Waals surface area (Å²) in [5, 5.41) is -0.0624. The summed E-state index contributed by atoms with van der Waals surface area (Å²) in [6, 6.07) is 21.6. The summed E-state index contributed by atoms with van der Waals surface area (Å²) in [5.74, 6) is 0.348. The van der Waals surface area contributed by atoms with Crippen LogP contribution in [-0.4, -0.2) is 31.2 Å². The van der Waals surface area contributed by atoms with E-state index in [-0.39, 0.29) is 10.8 Å². The molecule has 0 fully saturated rings. The second-order valence-electron chi connectivity index (χ2n) is 8.03. The molecule has 0 unspecified atom stereocenters. The molecular weight excluding hydrogens is 468 g/mol. The molecule has 0 saturated carbocycles. The number of benzene rings is 3. The van der Waals surface area contributed by atoms with Gasteiger partial charge < -0.3 is 4.74 Å². The van der Waals surface area contributed by atoms with Crippen LogP contribution >= 0.6 is 11.3 Å². The van der Waals surface area contributed by atoms with Crippen molar-refractivity contribution in [3.63, 3.8) is 0 Å². The third-order valence-corrected chi connectivity index (χ3v) is 8.56. The standard InChI is InChI=1S/C26H26N2O4S2/c1-4-32-22-14-9-15-23-24(22)27-26(33-23)28(17-19-10-6-5-7-11-19)25(29)20-12-8-13-21(16-20)34(30,31)18(2)3/h5-16,18H,4,17H2,1-3H3. The minimum atomic E-state index is -3.51. The number of carbonyl (C=O) groups excluding carboxylic acids is 1. The van der Waals surface area contributed by atoms with E-state index in [1.54, 1.807) is 30.9 Å². The van der Waals surface area contributed by atoms with Crippen molar-refractivity contribution in [2.24, 2.45) is 0 Å². The van der Waals surface area contributed by atoms with E-state index >= 15 is 0 Å². The number of ether oxygens (including phenoxy) is 1. The highest BCUT2D eigenvalue weighted by molar-refractivity contribution is 7.92. The van der Waals surface area contributed by atoms with Crippen LogP contribution in [-0.2, 0) is 16.4 Å². The first-order valence-corrected chi connectivity index (χ1v) is 13.4. The number of aromatic nitrogens is 1. The molecule has 0 bridgehead atoms. The van der Waals surface area contributed by atoms with Gasteiger partial charge in [0.1, 0.15) is 11.3 Å². The summed E-state index contributed by atoms with van der Waals surface area (Å²) in [6.45, 7) is 5.97. The number of hydrogen-bond donors (Lipinski definition) is 0. The van der Waals surface area contributed by atoms with Crippen molar-refractivity contribution >= 4 is 42.4 Å². The zero-order chi connectivity index (χ0) is 24.3. The summed E-state index contributed by atoms with van der Waals surface area (Å²) in [6.07, 6.45) is 0. The topological polar surface area (TPSA) is 76.6 Å². The zero-order valence-electron chi connectivity index (χ0n) is 19.3. The number of amides is 1. The molecule has 4 rings (SSSR count). The van der Waals surface area contributed by atoms with Crippen LogP contribution in [0.4, 0.5) is 5.13 Å². The maximum Gasteiger partial charge on any atom is 0.260 e. The smallest absolute Gasteiger partial charge is 0.260 e. The van der Waals surface area contributed by atoms with Crippen molar-refractivity contribution in [1.29, 1.82) is 0 Å². The molecule has 8 heteroatoms. The molecule has 0 N–H and O–H groups in total. The van der Waals surface area contributed by atoms with E-state index in [0.29, 0.717) is 35.1 Å². The molecule has 0 atom stereocenters. The summed E-state index contributed by atoms with van der Waals surface area (Å²) in [4.78, 5) is 20.2. The van der Waals surface area contributed by atoms with Crippen molar-refractivity contribution in [2.45, 2.75) is 37.5 Å². The quantitative estimate of drug-likeness (QED) is 0.313. The van der Waals surface area contributed by atoms with Gasteiger partial charge >= 0.3 is 0 Å². The van der Waals surface area contributed by atoms with Gasteiger partial charge in [0.05, 0.1) is 28.0 Å². The average Bonchev–Trinajstić information content (AvgIpc) is 3.28. The molecule has 6 nitrogen and oxygen atoms in total. The summed E-state index contributed by atoms with van der Waals surface area (Å²) in [7, 11) is -3.51. The second kappa shape index (κ2) is 9.95. The lowest BCUT2D eigenvalue weighted by Crippen LogP contribution is -2.30. The van der Waals surface area contributed by atoms with E-state index in [9.17, 15) is 13.2 Å². The highest BCUT2D eigenvalue weighted by Crippen LogP contribution is 2.35. The van der Waals surface area contributed by atoms with Gasteiger partial charge in [0.2, 0.25) is 0 Å². The fourth-order valence-electron chi connectivity index (χ4n) is 3.53. The van der Waals surface area contributed by atoms with E-state index in [0.717, 1.165) is 10.3 Å². The summed E-state index contributed by atoms with van der Waals surface area (Å²) in [5.41, 5.74) is 1.93. The largest absolute Gasteiger partial charge is 0.492 e. The van der Waals surface area contributed by atoms with E-state index in [4.69, 9.17) is 9.72 Å². The third kappa shape index (κ3) is 4.83. The lowest BCUT2D eigenvalue weighted by atomic mass is 10.1. The Morgan fingerprint density at radius 3 is 2.47 bits per heavy atom. The van der Waals surface area contributed by atoms with Gasteiger partial charge in [-0.3, -0.25) is 9.69 Å². The van der Waals surface area contributed by atoms with Gasteiger partial charge in [0.25, 0.3) is 5.91 Å². The van der Waals surface area contributed by atoms with Gasteiger partial charge in [-0.15, -0.1) is 0 Å². The third-order valence-electron chi connectivity index (χ3n) is 5.36. The summed E-state index contributed by atoms with van der Waals surface area (Å²) < 4.78 is 32.0. The number of thiazole rings is 1. The Balaban J connectivity index is 1.79. The Kier molecular flexibility index (Phi) is 7.00. The van der Waals surface area contributed by atoms with Crippen LogP contribution < -0.4 is 9.64 Å². The molecule has 34 heavy (non-hydrogen) atoms. The van der Waals surface area contributed by atoms with Crippen molar-refractivity contribution in [1.82, 2.24) is 4.98 Å². The monoisotopic (exact) mass is 494 g/mol. The molecule has 4 aromatic rings. The van der Waals surface area contributed by atoms with Crippen molar-refractivity contribution in [3.05, 3.63) is 83.9 Å². The first-order chi connectivity index (χ1) is 16.3. The van der Waals surface area contributed by atoms with E-state index in [1.165, 1.54) is 23.5 Å². The second-order valence-corrected chi connectivity index (χ2v) is 11.5. The van der Waals surface area contributed by atoms with Crippen molar-refractivity contribution in [2.75, 3.05) is 11.5 Å². The molecule has 176 valence electrons. The number of hydrogen-bond acceptors (Lipinski definition) is 6. The molecule has 0 aliphatic rings. The zero-order valence-corrected chi connectivity index (χ0v) is 20.9. The predicted molar refractivity (Wildman–Crippen MR) is 137 cm³/mol. The van der Waals surface area contributed by atoms with Gasteiger partial charge in [0.15, 0.2) is 15.0 Å². The lowest BCUT2D eigenvalue weighted by Gasteiger charge is -2.20. The normalized spacial score (nSPS) is 11.6. The van der Waals surface area contributed by atoms with Crippen LogP contribution in [0.15, 0.2) is 77.7 Å². The molecule has 0 saturated heterocycles. The first-order valence-electron chi connectivity index (χ1n) is 11.0. The van der Waals surface area contributed by atoms with Crippen molar-refractivity contribution in [3.8, 4) is 5.75 Å². The molecule has 0 aliphatic heterocycles. The fraction of sp³-hybridized carbons (Fsp3) is 0.231. The minimum absolute atomic E-state index is 0.135. The number of para-hydroxylation sites is 1. The SMILES string of the molecule is CCOc1cccc2sc(N(Cc3ccccc3)C(=O)c3cccc(S(=O)(=O)C(C)C)c3)nc12. The Bertz CT molecular complexity index is 1410. The molecule has 1 heterocycles. The molecule has 0 radical (unpaired) electrons. The van der Waals surface area contributed by atoms with Crippen LogP contribution in [0, 0.1) is 0 Å². The molecule has 1 aromatic heterocycles. The van der Waals surface area contributed by atoms with Crippen LogP contribution in [0.25, 0.3) is 10.2 Å². The average molecular weight is 495 g/mol. The Morgan fingerprint density at radius 2 is 1.76 bits per heavy atom. The van der Waals surface area contributed by atoms with Gasteiger partial charge in [-0.25, -0.2) is 13.4 Å². The Labute approximate surface area is 203 Å². The van der Waals surface area contributed by atoms with Gasteiger partial charge in [-0.05, 0) is 56.7 Å². The van der Waals surface area contributed by atoms with E-state index in [1.807, 2.05) is 55.5 Å². The molecule has 1 amide bonds. The van der Waals surface area contributed by atoms with E-state index in [2.05, 4.69) is 0 Å². The number of sulfone groups is 1. The Morgan fingerprint density at radius 1 is 1.03 bits per heavy atom. The maximum atomic E-state index is 13.8. The minimum Gasteiger partial charge on any atom is -0.492 e. The van der Waals surface area contributed by atoms with Gasteiger partial charge in [-0.1, -0.05) is 53.8 Å². The first kappa shape index (κ1) is 23.9. The number of carbonyl (C=O) groups is 1. The molecule has 0 spiro atoms. The van der Waals surface area contributed by atoms with Crippen LogP contribution in [0.2, 0.25) is 0 Å². The molecule has 3 aromatic carbocycles. The number of rotatable bonds is 8.